The van der Waals surface area contributed by atoms with Crippen LogP contribution in [0.5, 0.6) is 11.5 Å². The molecule has 1 saturated heterocycles. The third-order valence-electron chi connectivity index (χ3n) is 4.56. The van der Waals surface area contributed by atoms with E-state index in [1.807, 2.05) is 18.2 Å². The van der Waals surface area contributed by atoms with E-state index in [1.54, 1.807) is 30.6 Å². The Morgan fingerprint density at radius 1 is 1.19 bits per heavy atom. The minimum Gasteiger partial charge on any atom is -0.497 e. The third-order valence-corrected chi connectivity index (χ3v) is 5.41. The van der Waals surface area contributed by atoms with Gasteiger partial charge in [-0.1, -0.05) is 0 Å². The van der Waals surface area contributed by atoms with Crippen molar-refractivity contribution in [2.24, 2.45) is 0 Å². The van der Waals surface area contributed by atoms with Crippen LogP contribution in [-0.4, -0.2) is 44.8 Å². The van der Waals surface area contributed by atoms with E-state index in [9.17, 15) is 9.59 Å². The van der Waals surface area contributed by atoms with Crippen LogP contribution in [-0.2, 0) is 4.74 Å². The van der Waals surface area contributed by atoms with Crippen LogP contribution >= 0.6 is 11.3 Å². The standard InChI is InChI=1S/C19H22N2O5S/c1-24-13-6-7-16(25-2)14(10-13)15-5-4-8-21(15)19(23)20-17-9-12(11-27-17)18(22)26-3/h6-7,9-11,15H,4-5,8H2,1-3H3,(H,20,23). The number of nitrogens with one attached hydrogen (secondary N) is 1. The molecular weight excluding hydrogens is 368 g/mol. The van der Waals surface area contributed by atoms with Gasteiger partial charge in [0.05, 0.1) is 37.9 Å². The fraction of sp³-hybridized carbons (Fsp3) is 0.368. The van der Waals surface area contributed by atoms with Gasteiger partial charge in [-0.15, -0.1) is 11.3 Å². The van der Waals surface area contributed by atoms with Gasteiger partial charge in [0, 0.05) is 17.5 Å². The molecule has 144 valence electrons. The molecule has 0 saturated carbocycles. The summed E-state index contributed by atoms with van der Waals surface area (Å²) in [5.41, 5.74) is 1.34. The summed E-state index contributed by atoms with van der Waals surface area (Å²) in [4.78, 5) is 26.2. The molecule has 3 rings (SSSR count). The number of rotatable bonds is 5. The SMILES string of the molecule is COC(=O)c1csc(NC(=O)N2CCCC2c2cc(OC)ccc2OC)c1. The summed E-state index contributed by atoms with van der Waals surface area (Å²) >= 11 is 1.29. The molecule has 27 heavy (non-hydrogen) atoms. The number of nitrogens with zero attached hydrogens (tertiary/aromatic N) is 1. The molecule has 1 N–H and O–H groups in total. The molecule has 1 aliphatic heterocycles. The summed E-state index contributed by atoms with van der Waals surface area (Å²) in [6, 6.07) is 6.91. The maximum atomic E-state index is 12.8. The molecular formula is C19H22N2O5S. The zero-order chi connectivity index (χ0) is 19.4. The minimum absolute atomic E-state index is 0.102. The van der Waals surface area contributed by atoms with Crippen LogP contribution in [0.4, 0.5) is 9.80 Å². The third kappa shape index (κ3) is 4.00. The molecule has 2 amide bonds. The first-order chi connectivity index (χ1) is 13.1. The van der Waals surface area contributed by atoms with Crippen LogP contribution in [0, 0.1) is 0 Å². The maximum Gasteiger partial charge on any atom is 0.338 e. The van der Waals surface area contributed by atoms with Crippen molar-refractivity contribution in [3.63, 3.8) is 0 Å². The molecule has 2 heterocycles. The number of amides is 2. The Kier molecular flexibility index (Phi) is 5.85. The van der Waals surface area contributed by atoms with Crippen molar-refractivity contribution in [3.05, 3.63) is 40.8 Å². The highest BCUT2D eigenvalue weighted by Gasteiger charge is 2.32. The Morgan fingerprint density at radius 3 is 2.70 bits per heavy atom. The Labute approximate surface area is 161 Å². The van der Waals surface area contributed by atoms with E-state index in [1.165, 1.54) is 18.4 Å². The van der Waals surface area contributed by atoms with E-state index in [0.717, 1.165) is 29.9 Å². The van der Waals surface area contributed by atoms with E-state index in [2.05, 4.69) is 5.32 Å². The summed E-state index contributed by atoms with van der Waals surface area (Å²) in [5.74, 6) is 1.02. The van der Waals surface area contributed by atoms with E-state index < -0.39 is 5.97 Å². The molecule has 0 aliphatic carbocycles. The Balaban J connectivity index is 1.79. The highest BCUT2D eigenvalue weighted by Crippen LogP contribution is 2.39. The van der Waals surface area contributed by atoms with Crippen molar-refractivity contribution < 1.29 is 23.8 Å². The average Bonchev–Trinajstić information content (AvgIpc) is 3.36. The van der Waals surface area contributed by atoms with Crippen LogP contribution in [0.3, 0.4) is 0 Å². The molecule has 7 nitrogen and oxygen atoms in total. The van der Waals surface area contributed by atoms with Gasteiger partial charge in [0.25, 0.3) is 0 Å². The molecule has 1 aromatic carbocycles. The predicted octanol–water partition coefficient (Wildman–Crippen LogP) is 3.92. The number of thiophene rings is 1. The number of benzene rings is 1. The minimum atomic E-state index is -0.424. The topological polar surface area (TPSA) is 77.1 Å². The Bertz CT molecular complexity index is 835. The zero-order valence-corrected chi connectivity index (χ0v) is 16.3. The number of carbonyl (C=O) groups is 2. The molecule has 1 fully saturated rings. The van der Waals surface area contributed by atoms with Crippen LogP contribution in [0.1, 0.15) is 34.8 Å². The highest BCUT2D eigenvalue weighted by atomic mass is 32.1. The average molecular weight is 390 g/mol. The Hall–Kier alpha value is -2.74. The van der Waals surface area contributed by atoms with Crippen molar-refractivity contribution in [2.75, 3.05) is 33.2 Å². The number of hydrogen-bond donors (Lipinski definition) is 1. The second-order valence-electron chi connectivity index (χ2n) is 6.08. The van der Waals surface area contributed by atoms with Crippen LogP contribution < -0.4 is 14.8 Å². The molecule has 0 bridgehead atoms. The first kappa shape index (κ1) is 19.0. The summed E-state index contributed by atoms with van der Waals surface area (Å²) in [6.45, 7) is 0.645. The molecule has 1 atom stereocenters. The van der Waals surface area contributed by atoms with E-state index in [-0.39, 0.29) is 12.1 Å². The summed E-state index contributed by atoms with van der Waals surface area (Å²) in [5, 5.41) is 5.14. The van der Waals surface area contributed by atoms with Crippen LogP contribution in [0.2, 0.25) is 0 Å². The Morgan fingerprint density at radius 2 is 2.00 bits per heavy atom. The van der Waals surface area contributed by atoms with Gasteiger partial charge in [0.2, 0.25) is 0 Å². The van der Waals surface area contributed by atoms with Gasteiger partial charge in [-0.05, 0) is 37.1 Å². The number of methoxy groups -OCH3 is 3. The van der Waals surface area contributed by atoms with Crippen LogP contribution in [0.25, 0.3) is 0 Å². The van der Waals surface area contributed by atoms with Gasteiger partial charge in [-0.3, -0.25) is 5.32 Å². The normalized spacial score (nSPS) is 16.1. The van der Waals surface area contributed by atoms with E-state index in [4.69, 9.17) is 14.2 Å². The van der Waals surface area contributed by atoms with Crippen molar-refractivity contribution in [3.8, 4) is 11.5 Å². The summed E-state index contributed by atoms with van der Waals surface area (Å²) in [7, 11) is 4.56. The zero-order valence-electron chi connectivity index (χ0n) is 15.5. The van der Waals surface area contributed by atoms with E-state index in [0.29, 0.717) is 17.1 Å². The number of anilines is 1. The monoisotopic (exact) mass is 390 g/mol. The van der Waals surface area contributed by atoms with Gasteiger partial charge < -0.3 is 19.1 Å². The first-order valence-corrected chi connectivity index (χ1v) is 9.41. The summed E-state index contributed by atoms with van der Waals surface area (Å²) < 4.78 is 15.5. The second kappa shape index (κ2) is 8.30. The largest absolute Gasteiger partial charge is 0.497 e. The number of urea groups is 1. The lowest BCUT2D eigenvalue weighted by atomic mass is 10.0. The van der Waals surface area contributed by atoms with Crippen molar-refractivity contribution >= 4 is 28.3 Å². The second-order valence-corrected chi connectivity index (χ2v) is 6.99. The number of likely N-dealkylation sites (tertiary alicyclic amines) is 1. The molecule has 1 unspecified atom stereocenters. The molecule has 8 heteroatoms. The van der Waals surface area contributed by atoms with E-state index >= 15 is 0 Å². The molecule has 0 spiro atoms. The molecule has 1 aromatic heterocycles. The number of carbonyl (C=O) groups excluding carboxylic acids is 2. The lowest BCUT2D eigenvalue weighted by Crippen LogP contribution is -2.34. The highest BCUT2D eigenvalue weighted by molar-refractivity contribution is 7.14. The van der Waals surface area contributed by atoms with Gasteiger partial charge in [-0.25, -0.2) is 9.59 Å². The fourth-order valence-electron chi connectivity index (χ4n) is 3.24. The molecule has 0 radical (unpaired) electrons. The fourth-order valence-corrected chi connectivity index (χ4v) is 4.00. The number of ether oxygens (including phenoxy) is 3. The predicted molar refractivity (Wildman–Crippen MR) is 103 cm³/mol. The maximum absolute atomic E-state index is 12.8. The molecule has 2 aromatic rings. The van der Waals surface area contributed by atoms with Gasteiger partial charge in [0.15, 0.2) is 0 Å². The van der Waals surface area contributed by atoms with Crippen molar-refractivity contribution in [2.45, 2.75) is 18.9 Å². The van der Waals surface area contributed by atoms with Crippen LogP contribution in [0.15, 0.2) is 29.6 Å². The van der Waals surface area contributed by atoms with Gasteiger partial charge in [-0.2, -0.15) is 0 Å². The van der Waals surface area contributed by atoms with Crippen molar-refractivity contribution in [1.82, 2.24) is 4.90 Å². The smallest absolute Gasteiger partial charge is 0.338 e. The number of hydrogen-bond acceptors (Lipinski definition) is 6. The number of esters is 1. The molecule has 1 aliphatic rings. The van der Waals surface area contributed by atoms with Crippen molar-refractivity contribution in [1.29, 1.82) is 0 Å². The summed E-state index contributed by atoms with van der Waals surface area (Å²) in [6.07, 6.45) is 1.74. The lowest BCUT2D eigenvalue weighted by Gasteiger charge is -2.26. The first-order valence-electron chi connectivity index (χ1n) is 8.53. The van der Waals surface area contributed by atoms with Gasteiger partial charge in [0.1, 0.15) is 11.5 Å². The quantitative estimate of drug-likeness (QED) is 0.783. The lowest BCUT2D eigenvalue weighted by molar-refractivity contribution is 0.0601. The van der Waals surface area contributed by atoms with Gasteiger partial charge >= 0.3 is 12.0 Å².